The second-order valence-corrected chi connectivity index (χ2v) is 4.49. The van der Waals surface area contributed by atoms with Gasteiger partial charge in [0.05, 0.1) is 12.2 Å². The Kier molecular flexibility index (Phi) is 4.27. The molecular formula is C14H17N5O. The van der Waals surface area contributed by atoms with Crippen molar-refractivity contribution in [1.29, 1.82) is 0 Å². The van der Waals surface area contributed by atoms with Crippen molar-refractivity contribution in [2.75, 3.05) is 0 Å². The minimum absolute atomic E-state index is 0.324. The van der Waals surface area contributed by atoms with Crippen LogP contribution in [-0.2, 0) is 6.54 Å². The maximum atomic E-state index is 8.52. The number of azide groups is 1. The summed E-state index contributed by atoms with van der Waals surface area (Å²) in [5.41, 5.74) is 9.70. The molecule has 0 fully saturated rings. The topological polar surface area (TPSA) is 75.8 Å². The van der Waals surface area contributed by atoms with Gasteiger partial charge in [0.15, 0.2) is 0 Å². The van der Waals surface area contributed by atoms with E-state index in [4.69, 9.17) is 10.3 Å². The Labute approximate surface area is 117 Å². The smallest absolute Gasteiger partial charge is 0.219 e. The normalized spacial score (nSPS) is 11.8. The lowest BCUT2D eigenvalue weighted by molar-refractivity contribution is 0.425. The van der Waals surface area contributed by atoms with E-state index in [2.05, 4.69) is 15.0 Å². The summed E-state index contributed by atoms with van der Waals surface area (Å²) in [6, 6.07) is 7.49. The van der Waals surface area contributed by atoms with Gasteiger partial charge in [-0.1, -0.05) is 22.8 Å². The second kappa shape index (κ2) is 6.12. The van der Waals surface area contributed by atoms with Gasteiger partial charge in [-0.25, -0.2) is 4.98 Å². The number of benzene rings is 1. The molecule has 1 aromatic carbocycles. The number of hydrogen-bond acceptors (Lipinski definition) is 3. The first kappa shape index (κ1) is 14.0. The summed E-state index contributed by atoms with van der Waals surface area (Å²) in [5, 5.41) is 3.68. The largest absolute Gasteiger partial charge is 0.439 e. The van der Waals surface area contributed by atoms with E-state index in [1.165, 1.54) is 5.56 Å². The van der Waals surface area contributed by atoms with Gasteiger partial charge in [0.1, 0.15) is 11.6 Å². The number of rotatable bonds is 5. The van der Waals surface area contributed by atoms with Crippen LogP contribution in [-0.4, -0.2) is 9.55 Å². The number of hydrogen-bond donors (Lipinski definition) is 0. The van der Waals surface area contributed by atoms with Crippen LogP contribution in [0.5, 0.6) is 11.6 Å². The summed E-state index contributed by atoms with van der Waals surface area (Å²) in [6.45, 7) is 6.53. The Morgan fingerprint density at radius 2 is 2.10 bits per heavy atom. The Balaban J connectivity index is 2.28. The number of aromatic nitrogens is 2. The molecule has 1 heterocycles. The first-order valence-corrected chi connectivity index (χ1v) is 6.49. The van der Waals surface area contributed by atoms with Gasteiger partial charge >= 0.3 is 0 Å². The molecule has 0 spiro atoms. The number of ether oxygens (including phenoxy) is 1. The monoisotopic (exact) mass is 271 g/mol. The third kappa shape index (κ3) is 2.92. The Hall–Kier alpha value is -2.46. The average Bonchev–Trinajstić information content (AvgIpc) is 2.84. The van der Waals surface area contributed by atoms with Crippen molar-refractivity contribution in [3.63, 3.8) is 0 Å². The fourth-order valence-corrected chi connectivity index (χ4v) is 1.96. The number of imidazole rings is 1. The van der Waals surface area contributed by atoms with Crippen LogP contribution in [0.1, 0.15) is 31.3 Å². The third-order valence-corrected chi connectivity index (χ3v) is 3.01. The van der Waals surface area contributed by atoms with Crippen molar-refractivity contribution in [2.24, 2.45) is 5.11 Å². The van der Waals surface area contributed by atoms with Crippen LogP contribution in [0.15, 0.2) is 35.6 Å². The molecule has 2 rings (SSSR count). The molecule has 6 nitrogen and oxygen atoms in total. The average molecular weight is 271 g/mol. The van der Waals surface area contributed by atoms with E-state index in [0.29, 0.717) is 18.2 Å². The fourth-order valence-electron chi connectivity index (χ4n) is 1.96. The van der Waals surface area contributed by atoms with Gasteiger partial charge < -0.3 is 4.74 Å². The number of aryl methyl sites for hydroxylation is 1. The van der Waals surface area contributed by atoms with E-state index < -0.39 is 0 Å². The lowest BCUT2D eigenvalue weighted by Crippen LogP contribution is -2.05. The summed E-state index contributed by atoms with van der Waals surface area (Å²) < 4.78 is 7.73. The molecule has 0 saturated heterocycles. The predicted octanol–water partition coefficient (Wildman–Crippen LogP) is 4.38. The summed E-state index contributed by atoms with van der Waals surface area (Å²) >= 11 is 0. The number of nitrogens with zero attached hydrogens (tertiary/aromatic N) is 5. The summed E-state index contributed by atoms with van der Waals surface area (Å²) in [7, 11) is 0. The molecule has 1 unspecified atom stereocenters. The molecule has 0 radical (unpaired) electrons. The van der Waals surface area contributed by atoms with Crippen molar-refractivity contribution >= 4 is 0 Å². The predicted molar refractivity (Wildman–Crippen MR) is 76.7 cm³/mol. The zero-order valence-electron chi connectivity index (χ0n) is 11.8. The van der Waals surface area contributed by atoms with Crippen LogP contribution in [0, 0.1) is 6.92 Å². The van der Waals surface area contributed by atoms with Crippen molar-refractivity contribution in [1.82, 2.24) is 9.55 Å². The van der Waals surface area contributed by atoms with E-state index in [9.17, 15) is 0 Å². The quantitative estimate of drug-likeness (QED) is 0.460. The van der Waals surface area contributed by atoms with Gasteiger partial charge in [-0.05, 0) is 38.4 Å². The van der Waals surface area contributed by atoms with Gasteiger partial charge in [0.2, 0.25) is 5.88 Å². The van der Waals surface area contributed by atoms with Crippen LogP contribution in [0.25, 0.3) is 10.4 Å². The Morgan fingerprint density at radius 3 is 2.70 bits per heavy atom. The molecule has 0 bridgehead atoms. The second-order valence-electron chi connectivity index (χ2n) is 4.49. The van der Waals surface area contributed by atoms with Crippen molar-refractivity contribution in [2.45, 2.75) is 33.4 Å². The molecule has 20 heavy (non-hydrogen) atoms. The molecule has 0 aliphatic heterocycles. The van der Waals surface area contributed by atoms with E-state index in [0.717, 1.165) is 5.75 Å². The summed E-state index contributed by atoms with van der Waals surface area (Å²) in [6.07, 6.45) is 1.65. The molecule has 2 aromatic rings. The highest BCUT2D eigenvalue weighted by Gasteiger charge is 2.15. The van der Waals surface area contributed by atoms with E-state index in [1.54, 1.807) is 6.20 Å². The first-order chi connectivity index (χ1) is 9.65. The van der Waals surface area contributed by atoms with Crippen LogP contribution >= 0.6 is 0 Å². The van der Waals surface area contributed by atoms with E-state index >= 15 is 0 Å². The lowest BCUT2D eigenvalue weighted by Gasteiger charge is -2.12. The van der Waals surface area contributed by atoms with Crippen molar-refractivity contribution < 1.29 is 4.74 Å². The molecule has 1 aromatic heterocycles. The van der Waals surface area contributed by atoms with Gasteiger partial charge in [-0.15, -0.1) is 0 Å². The molecule has 0 amide bonds. The highest BCUT2D eigenvalue weighted by molar-refractivity contribution is 5.30. The Bertz CT molecular complexity index is 626. The zero-order valence-corrected chi connectivity index (χ0v) is 11.8. The lowest BCUT2D eigenvalue weighted by atomic mass is 10.2. The van der Waals surface area contributed by atoms with Crippen LogP contribution < -0.4 is 4.74 Å². The standard InChI is InChI=1S/C14H17N5O/c1-4-19-13(9-16-14(19)11(3)17-18-15)20-12-7-5-10(2)6-8-12/h5-9,11H,4H2,1-3H3. The van der Waals surface area contributed by atoms with Gasteiger partial charge in [-0.2, -0.15) is 0 Å². The molecule has 0 aliphatic carbocycles. The Morgan fingerprint density at radius 1 is 1.40 bits per heavy atom. The SMILES string of the molecule is CCn1c(Oc2ccc(C)cc2)cnc1C(C)N=[N+]=[N-]. The molecule has 1 atom stereocenters. The molecule has 0 saturated carbocycles. The minimum atomic E-state index is -0.324. The summed E-state index contributed by atoms with van der Waals surface area (Å²) in [5.74, 6) is 2.10. The van der Waals surface area contributed by atoms with Gasteiger partial charge in [-0.3, -0.25) is 4.57 Å². The summed E-state index contributed by atoms with van der Waals surface area (Å²) in [4.78, 5) is 7.11. The molecule has 104 valence electrons. The van der Waals surface area contributed by atoms with Crippen molar-refractivity contribution in [3.8, 4) is 11.6 Å². The first-order valence-electron chi connectivity index (χ1n) is 6.49. The van der Waals surface area contributed by atoms with E-state index in [1.807, 2.05) is 49.6 Å². The molecule has 0 aliphatic rings. The molecule has 6 heteroatoms. The van der Waals surface area contributed by atoms with Crippen LogP contribution in [0.3, 0.4) is 0 Å². The highest BCUT2D eigenvalue weighted by atomic mass is 16.5. The maximum Gasteiger partial charge on any atom is 0.219 e. The van der Waals surface area contributed by atoms with Crippen LogP contribution in [0.2, 0.25) is 0 Å². The van der Waals surface area contributed by atoms with Crippen LogP contribution in [0.4, 0.5) is 0 Å². The minimum Gasteiger partial charge on any atom is -0.439 e. The van der Waals surface area contributed by atoms with Gasteiger partial charge in [0.25, 0.3) is 0 Å². The fraction of sp³-hybridized carbons (Fsp3) is 0.357. The van der Waals surface area contributed by atoms with Crippen molar-refractivity contribution in [3.05, 3.63) is 52.3 Å². The van der Waals surface area contributed by atoms with Gasteiger partial charge in [0, 0.05) is 11.5 Å². The maximum absolute atomic E-state index is 8.52. The molecule has 0 N–H and O–H groups in total. The van der Waals surface area contributed by atoms with E-state index in [-0.39, 0.29) is 6.04 Å². The highest BCUT2D eigenvalue weighted by Crippen LogP contribution is 2.26. The zero-order chi connectivity index (χ0) is 14.5. The molecular weight excluding hydrogens is 254 g/mol. The third-order valence-electron chi connectivity index (χ3n) is 3.01.